The number of nitrogens with one attached hydrogen (secondary N) is 1. The van der Waals surface area contributed by atoms with E-state index in [1.54, 1.807) is 48.8 Å². The lowest BCUT2D eigenvalue weighted by atomic mass is 10.2. The molecule has 4 aromatic rings. The number of hydrogen-bond acceptors (Lipinski definition) is 8. The van der Waals surface area contributed by atoms with Crippen molar-refractivity contribution in [3.05, 3.63) is 89.7 Å². The van der Waals surface area contributed by atoms with E-state index >= 15 is 0 Å². The Morgan fingerprint density at radius 3 is 2.65 bits per heavy atom. The number of rotatable bonds is 8. The Balaban J connectivity index is 1.27. The van der Waals surface area contributed by atoms with Gasteiger partial charge in [-0.05, 0) is 42.0 Å². The molecule has 0 bridgehead atoms. The fraction of sp³-hybridized carbons (Fsp3) is 0.115. The number of fused-ring (bicyclic) bond motifs is 1. The van der Waals surface area contributed by atoms with Crippen LogP contribution in [0.1, 0.15) is 21.5 Å². The average molecular weight is 520 g/mol. The van der Waals surface area contributed by atoms with E-state index in [4.69, 9.17) is 14.6 Å². The van der Waals surface area contributed by atoms with Crippen molar-refractivity contribution in [1.29, 1.82) is 0 Å². The summed E-state index contributed by atoms with van der Waals surface area (Å²) in [6.45, 7) is 0.621. The summed E-state index contributed by atoms with van der Waals surface area (Å²) in [5.41, 5.74) is 2.32. The number of aromatic nitrogens is 2. The van der Waals surface area contributed by atoms with E-state index in [2.05, 4.69) is 14.7 Å². The van der Waals surface area contributed by atoms with Gasteiger partial charge in [-0.2, -0.15) is 0 Å². The molecule has 188 valence electrons. The Kier molecular flexibility index (Phi) is 6.36. The molecule has 0 aliphatic carbocycles. The second-order valence-electron chi connectivity index (χ2n) is 8.24. The van der Waals surface area contributed by atoms with Crippen molar-refractivity contribution in [2.24, 2.45) is 0 Å². The summed E-state index contributed by atoms with van der Waals surface area (Å²) in [5, 5.41) is 18.7. The van der Waals surface area contributed by atoms with Gasteiger partial charge in [-0.1, -0.05) is 18.2 Å². The van der Waals surface area contributed by atoms with Crippen molar-refractivity contribution in [3.8, 4) is 28.6 Å². The van der Waals surface area contributed by atoms with Crippen molar-refractivity contribution in [1.82, 2.24) is 9.97 Å². The zero-order valence-electron chi connectivity index (χ0n) is 19.3. The minimum Gasteiger partial charge on any atom is -0.507 e. The molecule has 0 unspecified atom stereocenters. The van der Waals surface area contributed by atoms with Gasteiger partial charge >= 0.3 is 5.97 Å². The van der Waals surface area contributed by atoms with Gasteiger partial charge < -0.3 is 19.7 Å². The van der Waals surface area contributed by atoms with Crippen LogP contribution in [0.5, 0.6) is 17.2 Å². The topological polar surface area (TPSA) is 148 Å². The molecular weight excluding hydrogens is 498 g/mol. The number of aromatic carboxylic acids is 1. The smallest absolute Gasteiger partial charge is 0.339 e. The Bertz CT molecular complexity index is 1590. The monoisotopic (exact) mass is 519 g/mol. The zero-order valence-corrected chi connectivity index (χ0v) is 20.1. The van der Waals surface area contributed by atoms with Gasteiger partial charge in [0.1, 0.15) is 29.4 Å². The van der Waals surface area contributed by atoms with Gasteiger partial charge in [0.15, 0.2) is 5.82 Å². The highest BCUT2D eigenvalue weighted by molar-refractivity contribution is 7.92. The second-order valence-corrected chi connectivity index (χ2v) is 9.92. The summed E-state index contributed by atoms with van der Waals surface area (Å²) in [6.07, 6.45) is 3.88. The standard InChI is InChI=1S/C26H21N3O7S/c30-23-7-5-20(11-22(23)26(31)32)36-15-16-13-27-25(28-14-16)18-2-1-3-19(10-18)29-37(33,34)21-6-4-17-8-9-35-24(17)12-21/h1-7,10-14,29-30H,8-9,15H2,(H,31,32). The van der Waals surface area contributed by atoms with Crippen molar-refractivity contribution >= 4 is 21.7 Å². The molecule has 3 N–H and O–H groups in total. The molecule has 0 saturated carbocycles. The highest BCUT2D eigenvalue weighted by Crippen LogP contribution is 2.29. The Morgan fingerprint density at radius 2 is 1.86 bits per heavy atom. The van der Waals surface area contributed by atoms with E-state index in [0.29, 0.717) is 35.0 Å². The van der Waals surface area contributed by atoms with Crippen molar-refractivity contribution < 1.29 is 32.9 Å². The Morgan fingerprint density at radius 1 is 1.05 bits per heavy atom. The molecule has 1 aromatic heterocycles. The first-order valence-corrected chi connectivity index (χ1v) is 12.7. The lowest BCUT2D eigenvalue weighted by molar-refractivity contribution is 0.0693. The molecule has 0 saturated heterocycles. The number of sulfonamides is 1. The maximum atomic E-state index is 12.9. The van der Waals surface area contributed by atoms with E-state index in [-0.39, 0.29) is 28.6 Å². The summed E-state index contributed by atoms with van der Waals surface area (Å²) in [5.74, 6) is -0.371. The summed E-state index contributed by atoms with van der Waals surface area (Å²) in [6, 6.07) is 15.5. The van der Waals surface area contributed by atoms with Crippen LogP contribution < -0.4 is 14.2 Å². The third-order valence-corrected chi connectivity index (χ3v) is 7.04. The van der Waals surface area contributed by atoms with Crippen molar-refractivity contribution in [3.63, 3.8) is 0 Å². The van der Waals surface area contributed by atoms with Crippen LogP contribution in [0.25, 0.3) is 11.4 Å². The first-order valence-electron chi connectivity index (χ1n) is 11.2. The van der Waals surface area contributed by atoms with Crippen LogP contribution in [0.15, 0.2) is 78.0 Å². The number of carboxylic acids is 1. The van der Waals surface area contributed by atoms with Crippen LogP contribution in [-0.2, 0) is 23.1 Å². The molecule has 1 aliphatic heterocycles. The second kappa shape index (κ2) is 9.78. The molecule has 11 heteroatoms. The average Bonchev–Trinajstić information content (AvgIpc) is 3.36. The molecule has 2 heterocycles. The van der Waals surface area contributed by atoms with Crippen LogP contribution in [0.2, 0.25) is 0 Å². The lowest BCUT2D eigenvalue weighted by Crippen LogP contribution is -2.13. The summed E-state index contributed by atoms with van der Waals surface area (Å²) in [7, 11) is -3.83. The van der Waals surface area contributed by atoms with E-state index in [1.165, 1.54) is 24.3 Å². The van der Waals surface area contributed by atoms with Gasteiger partial charge in [0.05, 0.1) is 11.5 Å². The van der Waals surface area contributed by atoms with Gasteiger partial charge in [-0.3, -0.25) is 4.72 Å². The number of benzene rings is 3. The van der Waals surface area contributed by atoms with Gasteiger partial charge in [-0.15, -0.1) is 0 Å². The minimum absolute atomic E-state index is 0.0778. The van der Waals surface area contributed by atoms with Gasteiger partial charge in [0, 0.05) is 41.7 Å². The Labute approximate surface area is 212 Å². The van der Waals surface area contributed by atoms with Crippen molar-refractivity contribution in [2.45, 2.75) is 17.9 Å². The molecular formula is C26H21N3O7S. The third-order valence-electron chi connectivity index (χ3n) is 5.66. The predicted octanol–water partition coefficient (Wildman–Crippen LogP) is 3.86. The predicted molar refractivity (Wildman–Crippen MR) is 133 cm³/mol. The molecule has 0 radical (unpaired) electrons. The van der Waals surface area contributed by atoms with Crippen LogP contribution in [0, 0.1) is 0 Å². The number of aromatic hydroxyl groups is 1. The van der Waals surface area contributed by atoms with Crippen molar-refractivity contribution in [2.75, 3.05) is 11.3 Å². The normalized spacial score (nSPS) is 12.4. The maximum absolute atomic E-state index is 12.9. The molecule has 5 rings (SSSR count). The molecule has 0 fully saturated rings. The summed E-state index contributed by atoms with van der Waals surface area (Å²) >= 11 is 0. The molecule has 10 nitrogen and oxygen atoms in total. The van der Waals surface area contributed by atoms with Crippen LogP contribution >= 0.6 is 0 Å². The molecule has 0 spiro atoms. The van der Waals surface area contributed by atoms with Crippen LogP contribution in [0.3, 0.4) is 0 Å². The fourth-order valence-electron chi connectivity index (χ4n) is 3.77. The third kappa shape index (κ3) is 5.31. The maximum Gasteiger partial charge on any atom is 0.339 e. The first-order chi connectivity index (χ1) is 17.8. The highest BCUT2D eigenvalue weighted by Gasteiger charge is 2.20. The highest BCUT2D eigenvalue weighted by atomic mass is 32.2. The Hall–Kier alpha value is -4.64. The first kappa shape index (κ1) is 24.1. The number of carbonyl (C=O) groups is 1. The van der Waals surface area contributed by atoms with E-state index < -0.39 is 16.0 Å². The van der Waals surface area contributed by atoms with Crippen LogP contribution in [-0.4, -0.2) is 41.2 Å². The fourth-order valence-corrected chi connectivity index (χ4v) is 4.84. The number of hydrogen-bond donors (Lipinski definition) is 3. The minimum atomic E-state index is -3.83. The van der Waals surface area contributed by atoms with E-state index in [9.17, 15) is 18.3 Å². The van der Waals surface area contributed by atoms with E-state index in [0.717, 1.165) is 12.0 Å². The van der Waals surface area contributed by atoms with Crippen LogP contribution in [0.4, 0.5) is 5.69 Å². The largest absolute Gasteiger partial charge is 0.507 e. The molecule has 3 aromatic carbocycles. The molecule has 37 heavy (non-hydrogen) atoms. The quantitative estimate of drug-likeness (QED) is 0.315. The SMILES string of the molecule is O=C(O)c1cc(OCc2cnc(-c3cccc(NS(=O)(=O)c4ccc5c(c4)OCC5)c3)nc2)ccc1O. The van der Waals surface area contributed by atoms with Gasteiger partial charge in [0.25, 0.3) is 10.0 Å². The van der Waals surface area contributed by atoms with Gasteiger partial charge in [-0.25, -0.2) is 23.2 Å². The number of ether oxygens (including phenoxy) is 2. The van der Waals surface area contributed by atoms with Gasteiger partial charge in [0.2, 0.25) is 0 Å². The summed E-state index contributed by atoms with van der Waals surface area (Å²) in [4.78, 5) is 19.9. The molecule has 0 amide bonds. The zero-order chi connectivity index (χ0) is 26.0. The number of phenols is 1. The number of anilines is 1. The summed E-state index contributed by atoms with van der Waals surface area (Å²) < 4.78 is 39.5. The lowest BCUT2D eigenvalue weighted by Gasteiger charge is -2.11. The van der Waals surface area contributed by atoms with E-state index in [1.807, 2.05) is 0 Å². The molecule has 1 aliphatic rings. The number of carboxylic acid groups (broad SMARTS) is 1. The number of nitrogens with zero attached hydrogens (tertiary/aromatic N) is 2. The molecule has 0 atom stereocenters.